The molecule has 0 bridgehead atoms. The lowest BCUT2D eigenvalue weighted by Crippen LogP contribution is -2.37. The zero-order chi connectivity index (χ0) is 13.8. The van der Waals surface area contributed by atoms with Crippen molar-refractivity contribution < 1.29 is 4.79 Å². The predicted molar refractivity (Wildman–Crippen MR) is 75.6 cm³/mol. The Morgan fingerprint density at radius 2 is 2.20 bits per heavy atom. The predicted octanol–water partition coefficient (Wildman–Crippen LogP) is 1.21. The minimum absolute atomic E-state index is 0.0577. The van der Waals surface area contributed by atoms with E-state index in [1.54, 1.807) is 17.2 Å². The van der Waals surface area contributed by atoms with E-state index in [9.17, 15) is 4.79 Å². The number of benzene rings is 1. The molecule has 0 saturated carbocycles. The molecule has 1 fully saturated rings. The molecule has 1 aromatic carbocycles. The van der Waals surface area contributed by atoms with Crippen LogP contribution in [-0.2, 0) is 4.79 Å². The van der Waals surface area contributed by atoms with Gasteiger partial charge in [-0.15, -0.1) is 10.2 Å². The van der Waals surface area contributed by atoms with Crippen LogP contribution in [-0.4, -0.2) is 33.8 Å². The van der Waals surface area contributed by atoms with Gasteiger partial charge in [0.25, 0.3) is 0 Å². The number of rotatable bonds is 3. The van der Waals surface area contributed by atoms with Crippen molar-refractivity contribution in [1.29, 1.82) is 0 Å². The number of anilines is 1. The maximum absolute atomic E-state index is 12.2. The van der Waals surface area contributed by atoms with Crippen LogP contribution in [0, 0.1) is 5.92 Å². The van der Waals surface area contributed by atoms with E-state index in [1.165, 1.54) is 0 Å². The first-order chi connectivity index (χ1) is 9.83. The highest BCUT2D eigenvalue weighted by atomic mass is 16.1. The van der Waals surface area contributed by atoms with Crippen LogP contribution < -0.4 is 10.6 Å². The van der Waals surface area contributed by atoms with Gasteiger partial charge in [-0.1, -0.05) is 6.07 Å². The van der Waals surface area contributed by atoms with Crippen molar-refractivity contribution in [3.05, 3.63) is 36.9 Å². The number of hydrogen-bond donors (Lipinski definition) is 2. The number of carbonyl (C=O) groups is 1. The van der Waals surface area contributed by atoms with Gasteiger partial charge >= 0.3 is 0 Å². The van der Waals surface area contributed by atoms with Gasteiger partial charge in [0, 0.05) is 12.2 Å². The van der Waals surface area contributed by atoms with Crippen LogP contribution in [0.1, 0.15) is 12.8 Å². The Labute approximate surface area is 117 Å². The summed E-state index contributed by atoms with van der Waals surface area (Å²) in [5, 5.41) is 13.8. The number of piperidine rings is 1. The van der Waals surface area contributed by atoms with E-state index in [4.69, 9.17) is 0 Å². The van der Waals surface area contributed by atoms with Crippen molar-refractivity contribution >= 4 is 11.6 Å². The summed E-state index contributed by atoms with van der Waals surface area (Å²) in [5.41, 5.74) is 1.72. The van der Waals surface area contributed by atoms with Crippen molar-refractivity contribution in [2.75, 3.05) is 18.4 Å². The summed E-state index contributed by atoms with van der Waals surface area (Å²) >= 11 is 0. The maximum atomic E-state index is 12.2. The number of aromatic nitrogens is 3. The third-order valence-corrected chi connectivity index (χ3v) is 3.50. The summed E-state index contributed by atoms with van der Waals surface area (Å²) in [6.07, 6.45) is 5.26. The van der Waals surface area contributed by atoms with Crippen molar-refractivity contribution in [3.8, 4) is 5.69 Å². The molecule has 104 valence electrons. The molecule has 3 rings (SSSR count). The second-order valence-electron chi connectivity index (χ2n) is 4.95. The number of nitrogens with zero attached hydrogens (tertiary/aromatic N) is 3. The molecule has 2 N–H and O–H groups in total. The molecule has 0 radical (unpaired) electrons. The summed E-state index contributed by atoms with van der Waals surface area (Å²) in [4.78, 5) is 12.2. The molecule has 1 aliphatic rings. The van der Waals surface area contributed by atoms with Crippen molar-refractivity contribution in [1.82, 2.24) is 20.1 Å². The summed E-state index contributed by atoms with van der Waals surface area (Å²) in [5.74, 6) is 0.139. The molecule has 0 spiro atoms. The monoisotopic (exact) mass is 271 g/mol. The molecule has 0 aliphatic carbocycles. The van der Waals surface area contributed by atoms with Gasteiger partial charge in [-0.05, 0) is 37.6 Å². The Balaban J connectivity index is 1.71. The molecule has 1 aromatic heterocycles. The molecule has 1 amide bonds. The van der Waals surface area contributed by atoms with Crippen LogP contribution in [0.3, 0.4) is 0 Å². The first-order valence-electron chi connectivity index (χ1n) is 6.79. The third-order valence-electron chi connectivity index (χ3n) is 3.50. The fourth-order valence-electron chi connectivity index (χ4n) is 2.40. The van der Waals surface area contributed by atoms with Gasteiger partial charge < -0.3 is 10.6 Å². The Bertz CT molecular complexity index is 575. The molecule has 6 heteroatoms. The molecule has 1 atom stereocenters. The van der Waals surface area contributed by atoms with Crippen LogP contribution in [0.15, 0.2) is 36.9 Å². The Morgan fingerprint density at radius 1 is 1.35 bits per heavy atom. The van der Waals surface area contributed by atoms with Crippen molar-refractivity contribution in [2.45, 2.75) is 12.8 Å². The molecule has 2 aromatic rings. The lowest BCUT2D eigenvalue weighted by Gasteiger charge is -2.22. The van der Waals surface area contributed by atoms with Crippen LogP contribution in [0.25, 0.3) is 5.69 Å². The van der Waals surface area contributed by atoms with Gasteiger partial charge in [-0.3, -0.25) is 9.36 Å². The second-order valence-corrected chi connectivity index (χ2v) is 4.95. The minimum atomic E-state index is 0.0577. The highest BCUT2D eigenvalue weighted by Gasteiger charge is 2.20. The van der Waals surface area contributed by atoms with E-state index in [0.29, 0.717) is 0 Å². The summed E-state index contributed by atoms with van der Waals surface area (Å²) in [7, 11) is 0. The van der Waals surface area contributed by atoms with Crippen LogP contribution in [0.2, 0.25) is 0 Å². The van der Waals surface area contributed by atoms with Gasteiger partial charge in [0.1, 0.15) is 12.7 Å². The summed E-state index contributed by atoms with van der Waals surface area (Å²) in [6.45, 7) is 1.77. The van der Waals surface area contributed by atoms with Crippen molar-refractivity contribution in [2.24, 2.45) is 5.92 Å². The van der Waals surface area contributed by atoms with E-state index in [2.05, 4.69) is 20.8 Å². The topological polar surface area (TPSA) is 71.8 Å². The maximum Gasteiger partial charge on any atom is 0.228 e. The van der Waals surface area contributed by atoms with Crippen LogP contribution in [0.4, 0.5) is 5.69 Å². The fourth-order valence-corrected chi connectivity index (χ4v) is 2.40. The average molecular weight is 271 g/mol. The number of nitrogens with one attached hydrogen (secondary N) is 2. The number of amides is 1. The van der Waals surface area contributed by atoms with E-state index < -0.39 is 0 Å². The third kappa shape index (κ3) is 2.85. The summed E-state index contributed by atoms with van der Waals surface area (Å²) < 4.78 is 1.80. The highest BCUT2D eigenvalue weighted by Crippen LogP contribution is 2.17. The van der Waals surface area contributed by atoms with Gasteiger partial charge in [0.05, 0.1) is 11.6 Å². The number of hydrogen-bond acceptors (Lipinski definition) is 4. The molecule has 6 nitrogen and oxygen atoms in total. The van der Waals surface area contributed by atoms with Gasteiger partial charge in [-0.25, -0.2) is 0 Å². The Hall–Kier alpha value is -2.21. The first-order valence-corrected chi connectivity index (χ1v) is 6.79. The molecule has 2 heterocycles. The molecular weight excluding hydrogens is 254 g/mol. The highest BCUT2D eigenvalue weighted by molar-refractivity contribution is 5.93. The van der Waals surface area contributed by atoms with E-state index >= 15 is 0 Å². The zero-order valence-corrected chi connectivity index (χ0v) is 11.1. The van der Waals surface area contributed by atoms with E-state index in [1.807, 2.05) is 24.3 Å². The Morgan fingerprint density at radius 3 is 2.95 bits per heavy atom. The van der Waals surface area contributed by atoms with E-state index in [-0.39, 0.29) is 11.8 Å². The standard InChI is InChI=1S/C14H17N5O/c20-14(11-3-2-6-15-8-11)18-12-4-1-5-13(7-12)19-9-16-17-10-19/h1,4-5,7,9-11,15H,2-3,6,8H2,(H,18,20). The lowest BCUT2D eigenvalue weighted by molar-refractivity contribution is -0.120. The zero-order valence-electron chi connectivity index (χ0n) is 11.1. The summed E-state index contributed by atoms with van der Waals surface area (Å²) in [6, 6.07) is 7.66. The second kappa shape index (κ2) is 5.83. The minimum Gasteiger partial charge on any atom is -0.326 e. The van der Waals surface area contributed by atoms with Gasteiger partial charge in [-0.2, -0.15) is 0 Å². The first kappa shape index (κ1) is 12.8. The Kier molecular flexibility index (Phi) is 3.73. The van der Waals surface area contributed by atoms with Crippen LogP contribution >= 0.6 is 0 Å². The molecular formula is C14H17N5O. The molecule has 1 unspecified atom stereocenters. The smallest absolute Gasteiger partial charge is 0.228 e. The quantitative estimate of drug-likeness (QED) is 0.880. The SMILES string of the molecule is O=C(Nc1cccc(-n2cnnc2)c1)C1CCCNC1. The normalized spacial score (nSPS) is 18.7. The molecule has 20 heavy (non-hydrogen) atoms. The average Bonchev–Trinajstić information content (AvgIpc) is 3.03. The fraction of sp³-hybridized carbons (Fsp3) is 0.357. The largest absolute Gasteiger partial charge is 0.326 e. The lowest BCUT2D eigenvalue weighted by atomic mass is 9.99. The number of carbonyl (C=O) groups excluding carboxylic acids is 1. The van der Waals surface area contributed by atoms with Crippen molar-refractivity contribution in [3.63, 3.8) is 0 Å². The van der Waals surface area contributed by atoms with Gasteiger partial charge in [0.2, 0.25) is 5.91 Å². The van der Waals surface area contributed by atoms with E-state index in [0.717, 1.165) is 37.3 Å². The van der Waals surface area contributed by atoms with Crippen LogP contribution in [0.5, 0.6) is 0 Å². The molecule has 1 aliphatic heterocycles. The van der Waals surface area contributed by atoms with Gasteiger partial charge in [0.15, 0.2) is 0 Å². The molecule has 1 saturated heterocycles.